The van der Waals surface area contributed by atoms with Crippen molar-refractivity contribution in [3.63, 3.8) is 0 Å². The first-order chi connectivity index (χ1) is 43.1. The lowest BCUT2D eigenvalue weighted by atomic mass is 9.94. The molecule has 4 aliphatic rings. The average Bonchev–Trinajstić information content (AvgIpc) is 1.76. The van der Waals surface area contributed by atoms with Crippen molar-refractivity contribution < 1.29 is 8.68 Å². The molecule has 8 aromatic carbocycles. The van der Waals surface area contributed by atoms with Gasteiger partial charge in [0, 0.05) is 107 Å². The van der Waals surface area contributed by atoms with E-state index in [0.29, 0.717) is 12.2 Å². The van der Waals surface area contributed by atoms with Crippen molar-refractivity contribution in [2.75, 3.05) is 33.6 Å². The van der Waals surface area contributed by atoms with E-state index in [4.69, 9.17) is 9.10 Å². The quantitative estimate of drug-likeness (QED) is 0.153. The Morgan fingerprint density at radius 2 is 0.930 bits per heavy atom. The maximum Gasteiger partial charge on any atom is 0.309 e. The van der Waals surface area contributed by atoms with Gasteiger partial charge in [0.15, 0.2) is 16.7 Å². The Morgan fingerprint density at radius 1 is 0.453 bits per heavy atom. The molecule has 434 valence electrons. The Labute approximate surface area is 512 Å². The normalized spacial score (nSPS) is 18.1. The molecule has 86 heavy (non-hydrogen) atoms. The molecular formula is C76H81N10+. The van der Waals surface area contributed by atoms with E-state index in [2.05, 4.69) is 266 Å². The fraction of sp³-hybridized carbons (Fsp3) is 0.250. The molecule has 0 unspecified atom stereocenters. The van der Waals surface area contributed by atoms with Gasteiger partial charge >= 0.3 is 5.82 Å². The molecule has 1 fully saturated rings. The lowest BCUT2D eigenvalue weighted by molar-refractivity contribution is -0.634. The molecule has 0 saturated heterocycles. The monoisotopic (exact) mass is 1140 g/mol. The Bertz CT molecular complexity index is 4450. The van der Waals surface area contributed by atoms with Gasteiger partial charge in [-0.25, -0.2) is 14.1 Å². The Kier molecular flexibility index (Phi) is 15.3. The number of fused-ring (bicyclic) bond motifs is 5. The van der Waals surface area contributed by atoms with E-state index < -0.39 is 6.98 Å². The third-order valence-corrected chi connectivity index (χ3v) is 18.4. The number of pyridine rings is 2. The highest BCUT2D eigenvalue weighted by Crippen LogP contribution is 2.39. The number of hydrogen-bond donors (Lipinski definition) is 0. The number of para-hydroxylation sites is 3. The lowest BCUT2D eigenvalue weighted by Crippen LogP contribution is -2.36. The second-order valence-corrected chi connectivity index (χ2v) is 23.3. The van der Waals surface area contributed by atoms with Crippen LogP contribution < -0.4 is 24.2 Å². The zero-order valence-electron chi connectivity index (χ0n) is 54.2. The van der Waals surface area contributed by atoms with E-state index in [1.165, 1.54) is 131 Å². The third-order valence-electron chi connectivity index (χ3n) is 18.4. The van der Waals surface area contributed by atoms with Gasteiger partial charge in [-0.05, 0) is 177 Å². The molecule has 15 rings (SSSR count). The van der Waals surface area contributed by atoms with E-state index in [1.807, 2.05) is 54.8 Å². The third kappa shape index (κ3) is 10.9. The Balaban J connectivity index is 0.000000116. The van der Waals surface area contributed by atoms with Crippen LogP contribution >= 0.6 is 0 Å². The van der Waals surface area contributed by atoms with Gasteiger partial charge in [-0.15, -0.1) is 0 Å². The Morgan fingerprint density at radius 3 is 1.53 bits per heavy atom. The van der Waals surface area contributed by atoms with Crippen LogP contribution in [0.25, 0.3) is 65.6 Å². The van der Waals surface area contributed by atoms with Crippen LogP contribution in [-0.4, -0.2) is 56.9 Å². The van der Waals surface area contributed by atoms with Crippen LogP contribution in [0.2, 0.25) is 0 Å². The summed E-state index contributed by atoms with van der Waals surface area (Å²) in [7, 11) is 4.30. The number of imidazole rings is 1. The maximum absolute atomic E-state index is 7.58. The summed E-state index contributed by atoms with van der Waals surface area (Å²) in [5.41, 5.74) is 13.6. The largest absolute Gasteiger partial charge is 0.359 e. The number of anilines is 4. The second-order valence-electron chi connectivity index (χ2n) is 23.3. The van der Waals surface area contributed by atoms with Gasteiger partial charge in [-0.1, -0.05) is 128 Å². The summed E-state index contributed by atoms with van der Waals surface area (Å²) in [4.78, 5) is 21.7. The molecule has 0 radical (unpaired) electrons. The van der Waals surface area contributed by atoms with Gasteiger partial charge in [0.1, 0.15) is 24.5 Å². The first-order valence-electron chi connectivity index (χ1n) is 32.0. The zero-order valence-corrected chi connectivity index (χ0v) is 51.2. The minimum absolute atomic E-state index is 0.225. The summed E-state index contributed by atoms with van der Waals surface area (Å²) >= 11 is 0. The van der Waals surface area contributed by atoms with Crippen molar-refractivity contribution in [1.82, 2.24) is 24.3 Å². The number of benzene rings is 8. The number of hydrogen-bond acceptors (Lipinski definition) is 8. The minimum Gasteiger partial charge on any atom is -0.359 e. The molecule has 0 amide bonds. The first kappa shape index (κ1) is 53.3. The predicted molar refractivity (Wildman–Crippen MR) is 362 cm³/mol. The number of aryl methyl sites for hydroxylation is 5. The van der Waals surface area contributed by atoms with Gasteiger partial charge in [0.05, 0.1) is 7.05 Å². The summed E-state index contributed by atoms with van der Waals surface area (Å²) < 4.78 is 27.7. The summed E-state index contributed by atoms with van der Waals surface area (Å²) in [5, 5.41) is 9.99. The fourth-order valence-electron chi connectivity index (χ4n) is 13.3. The molecule has 3 aromatic heterocycles. The van der Waals surface area contributed by atoms with Crippen molar-refractivity contribution in [3.05, 3.63) is 248 Å². The van der Waals surface area contributed by atoms with Gasteiger partial charge in [-0.3, -0.25) is 4.98 Å². The number of aromatic nitrogens is 4. The van der Waals surface area contributed by atoms with Crippen LogP contribution in [0.5, 0.6) is 0 Å². The van der Waals surface area contributed by atoms with Gasteiger partial charge in [0.25, 0.3) is 0 Å². The molecule has 3 atom stereocenters. The van der Waals surface area contributed by atoms with Crippen LogP contribution in [0.3, 0.4) is 0 Å². The lowest BCUT2D eigenvalue weighted by Gasteiger charge is -2.31. The average molecular weight is 1140 g/mol. The first-order valence-corrected chi connectivity index (χ1v) is 30.5. The second kappa shape index (κ2) is 24.7. The van der Waals surface area contributed by atoms with Gasteiger partial charge in [0.2, 0.25) is 0 Å². The predicted octanol–water partition coefficient (Wildman–Crippen LogP) is 17.6. The zero-order chi connectivity index (χ0) is 62.1. The molecule has 10 nitrogen and oxygen atoms in total. The highest BCUT2D eigenvalue weighted by molar-refractivity contribution is 5.93. The summed E-state index contributed by atoms with van der Waals surface area (Å²) in [6, 6.07) is 60.2. The maximum atomic E-state index is 7.58. The van der Waals surface area contributed by atoms with Gasteiger partial charge < -0.3 is 29.4 Å². The van der Waals surface area contributed by atoms with E-state index in [-0.39, 0.29) is 12.3 Å². The van der Waals surface area contributed by atoms with Crippen LogP contribution in [0.15, 0.2) is 226 Å². The SMILES string of the molecule is Cc1c(-c2n(C3CCCCC3)c3ccccc3[n+]2C)ncc2ccccc12.Cc1c(N2C=CN(C)[C@@H]2C)ccc2ccccc12.Cc1c(N2C=CN(c3ccccc3)[C@@H]2C)ccc2cnccc12.[2H]C([2H])([2H])N1C=CN(c2ccc3ccccc3c2C)[C@H]1C. The molecule has 11 aromatic rings. The highest BCUT2D eigenvalue weighted by Gasteiger charge is 2.33. The molecule has 0 spiro atoms. The van der Waals surface area contributed by atoms with Crippen molar-refractivity contribution in [2.45, 2.75) is 105 Å². The summed E-state index contributed by atoms with van der Waals surface area (Å²) in [6.45, 7) is 12.9. The molecule has 0 N–H and O–H groups in total. The van der Waals surface area contributed by atoms with Gasteiger partial charge in [-0.2, -0.15) is 0 Å². The molecule has 6 heterocycles. The molecule has 0 bridgehead atoms. The molecular weight excluding hydrogens is 1050 g/mol. The minimum atomic E-state index is -2.12. The topological polar surface area (TPSA) is 54.0 Å². The summed E-state index contributed by atoms with van der Waals surface area (Å²) in [6.07, 6.45) is 24.8. The van der Waals surface area contributed by atoms with Crippen LogP contribution in [-0.2, 0) is 7.05 Å². The number of rotatable bonds is 6. The van der Waals surface area contributed by atoms with Crippen molar-refractivity contribution in [2.24, 2.45) is 7.05 Å². The molecule has 3 aliphatic heterocycles. The highest BCUT2D eigenvalue weighted by atomic mass is 15.4. The van der Waals surface area contributed by atoms with Crippen LogP contribution in [0.4, 0.5) is 22.7 Å². The molecule has 10 heteroatoms. The van der Waals surface area contributed by atoms with Crippen molar-refractivity contribution >= 4 is 76.9 Å². The smallest absolute Gasteiger partial charge is 0.309 e. The number of nitrogens with zero attached hydrogens (tertiary/aromatic N) is 10. The molecule has 1 aliphatic carbocycles. The van der Waals surface area contributed by atoms with Crippen LogP contribution in [0.1, 0.15) is 85.3 Å². The van der Waals surface area contributed by atoms with E-state index in [0.717, 1.165) is 16.9 Å². The van der Waals surface area contributed by atoms with Crippen molar-refractivity contribution in [3.8, 4) is 11.5 Å². The van der Waals surface area contributed by atoms with E-state index in [1.54, 1.807) is 6.20 Å². The Hall–Kier alpha value is -9.41. The molecule has 1 saturated carbocycles. The van der Waals surface area contributed by atoms with E-state index >= 15 is 0 Å². The van der Waals surface area contributed by atoms with Crippen LogP contribution in [0, 0.1) is 27.7 Å². The van der Waals surface area contributed by atoms with Crippen molar-refractivity contribution in [1.29, 1.82) is 0 Å². The van der Waals surface area contributed by atoms with E-state index in [9.17, 15) is 0 Å². The standard InChI is InChI=1S/C24H26N3.C20H19N3.2C16H18N2/c1-17-20-13-7-6-10-18(20)16-25-23(17)24-26(2)21-14-8-9-15-22(21)27(24)19-11-4-3-5-12-19;1-15-19-10-11-21-14-17(19)8-9-20(15)23-13-12-22(16(23)2)18-6-4-3-5-7-18;2*1-12-15-7-5-4-6-14(15)8-9-16(12)18-11-10-17(3)13(18)2/h6-10,13-16,19H,3-5,11-12H2,1-2H3;3-14,16H,1-2H3;2*4-11,13H,1-3H3/q+1;;;/t;16-;2*13-/m.000/s1/i;;3D3;. The summed E-state index contributed by atoms with van der Waals surface area (Å²) in [5.74, 6) is 1.24. The fourth-order valence-corrected chi connectivity index (χ4v) is 13.3.